The molecular weight excluding hydrogens is 332 g/mol. The van der Waals surface area contributed by atoms with Crippen LogP contribution in [0, 0.1) is 0 Å². The second-order valence-corrected chi connectivity index (χ2v) is 6.75. The van der Waals surface area contributed by atoms with Crippen LogP contribution in [0.4, 0.5) is 0 Å². The molecule has 2 atom stereocenters. The van der Waals surface area contributed by atoms with Crippen LogP contribution < -0.4 is 14.2 Å². The van der Waals surface area contributed by atoms with Crippen molar-refractivity contribution in [2.45, 2.75) is 25.2 Å². The van der Waals surface area contributed by atoms with Crippen molar-refractivity contribution in [3.05, 3.63) is 53.6 Å². The Labute approximate surface area is 154 Å². The first-order chi connectivity index (χ1) is 12.6. The van der Waals surface area contributed by atoms with E-state index in [4.69, 9.17) is 23.7 Å². The summed E-state index contributed by atoms with van der Waals surface area (Å²) in [4.78, 5) is 0. The smallest absolute Gasteiger partial charge is 0.188 e. The Balaban J connectivity index is 1.81. The molecule has 26 heavy (non-hydrogen) atoms. The van der Waals surface area contributed by atoms with E-state index in [1.807, 2.05) is 24.3 Å². The quantitative estimate of drug-likeness (QED) is 0.697. The zero-order valence-electron chi connectivity index (χ0n) is 15.8. The minimum absolute atomic E-state index is 0.123. The first-order valence-electron chi connectivity index (χ1n) is 8.69. The molecule has 0 bridgehead atoms. The molecule has 5 nitrogen and oxygen atoms in total. The van der Waals surface area contributed by atoms with Gasteiger partial charge in [0.25, 0.3) is 0 Å². The molecule has 0 saturated carbocycles. The molecule has 0 fully saturated rings. The fourth-order valence-corrected chi connectivity index (χ4v) is 3.30. The van der Waals surface area contributed by atoms with Crippen LogP contribution >= 0.6 is 0 Å². The van der Waals surface area contributed by atoms with E-state index in [0.29, 0.717) is 12.5 Å². The Hall–Kier alpha value is -2.24. The lowest BCUT2D eigenvalue weighted by atomic mass is 9.69. The van der Waals surface area contributed by atoms with Crippen LogP contribution in [0.5, 0.6) is 17.2 Å². The zero-order valence-corrected chi connectivity index (χ0v) is 15.8. The number of hydrogen-bond acceptors (Lipinski definition) is 5. The Kier molecular flexibility index (Phi) is 5.69. The highest BCUT2D eigenvalue weighted by atomic mass is 16.7. The van der Waals surface area contributed by atoms with E-state index in [1.165, 1.54) is 11.1 Å². The molecule has 1 aliphatic heterocycles. The normalized spacial score (nSPS) is 21.6. The lowest BCUT2D eigenvalue weighted by Gasteiger charge is -2.41. The molecule has 1 heterocycles. The Morgan fingerprint density at radius 1 is 0.962 bits per heavy atom. The topological polar surface area (TPSA) is 46.2 Å². The second-order valence-electron chi connectivity index (χ2n) is 6.75. The van der Waals surface area contributed by atoms with Gasteiger partial charge >= 0.3 is 0 Å². The summed E-state index contributed by atoms with van der Waals surface area (Å²) in [5, 5.41) is 0. The summed E-state index contributed by atoms with van der Waals surface area (Å²) >= 11 is 0. The SMILES string of the molecule is COCOc1ccc([C@@]2(C)COc3cc(OCOC)ccc3[C@H]2C)cc1. The molecule has 0 amide bonds. The van der Waals surface area contributed by atoms with Gasteiger partial charge < -0.3 is 23.7 Å². The van der Waals surface area contributed by atoms with Gasteiger partial charge in [0.05, 0.1) is 6.61 Å². The van der Waals surface area contributed by atoms with Gasteiger partial charge in [0.1, 0.15) is 17.2 Å². The molecule has 3 rings (SSSR count). The van der Waals surface area contributed by atoms with Crippen molar-refractivity contribution in [2.75, 3.05) is 34.4 Å². The van der Waals surface area contributed by atoms with E-state index in [-0.39, 0.29) is 19.0 Å². The third kappa shape index (κ3) is 3.64. The van der Waals surface area contributed by atoms with Crippen LogP contribution in [0.25, 0.3) is 0 Å². The lowest BCUT2D eigenvalue weighted by molar-refractivity contribution is 0.0505. The third-order valence-corrected chi connectivity index (χ3v) is 5.14. The van der Waals surface area contributed by atoms with Gasteiger partial charge in [0.15, 0.2) is 13.6 Å². The maximum absolute atomic E-state index is 6.11. The summed E-state index contributed by atoms with van der Waals surface area (Å²) in [6.45, 7) is 5.56. The number of fused-ring (bicyclic) bond motifs is 1. The van der Waals surface area contributed by atoms with E-state index >= 15 is 0 Å². The first-order valence-corrected chi connectivity index (χ1v) is 8.69. The Bertz CT molecular complexity index is 728. The highest BCUT2D eigenvalue weighted by Gasteiger charge is 2.40. The monoisotopic (exact) mass is 358 g/mol. The fraction of sp³-hybridized carbons (Fsp3) is 0.429. The van der Waals surface area contributed by atoms with E-state index in [9.17, 15) is 0 Å². The summed E-state index contributed by atoms with van der Waals surface area (Å²) in [5.41, 5.74) is 2.28. The van der Waals surface area contributed by atoms with Crippen molar-refractivity contribution >= 4 is 0 Å². The van der Waals surface area contributed by atoms with Crippen molar-refractivity contribution < 1.29 is 23.7 Å². The predicted molar refractivity (Wildman–Crippen MR) is 99.2 cm³/mol. The molecule has 0 aromatic heterocycles. The minimum atomic E-state index is -0.123. The molecule has 2 aromatic carbocycles. The highest BCUT2D eigenvalue weighted by molar-refractivity contribution is 5.48. The summed E-state index contributed by atoms with van der Waals surface area (Å²) in [6, 6.07) is 14.1. The first kappa shape index (κ1) is 18.5. The molecule has 0 radical (unpaired) electrons. The van der Waals surface area contributed by atoms with Gasteiger partial charge in [0, 0.05) is 25.7 Å². The molecule has 0 spiro atoms. The van der Waals surface area contributed by atoms with Crippen LogP contribution in [0.3, 0.4) is 0 Å². The van der Waals surface area contributed by atoms with Crippen molar-refractivity contribution in [3.8, 4) is 17.2 Å². The van der Waals surface area contributed by atoms with Gasteiger partial charge in [-0.2, -0.15) is 0 Å². The van der Waals surface area contributed by atoms with Crippen molar-refractivity contribution in [1.29, 1.82) is 0 Å². The van der Waals surface area contributed by atoms with Crippen LogP contribution in [-0.2, 0) is 14.9 Å². The van der Waals surface area contributed by atoms with Crippen LogP contribution in [0.15, 0.2) is 42.5 Å². The molecular formula is C21H26O5. The highest BCUT2D eigenvalue weighted by Crippen LogP contribution is 2.47. The number of methoxy groups -OCH3 is 2. The van der Waals surface area contributed by atoms with Crippen LogP contribution in [0.1, 0.15) is 30.9 Å². The average Bonchev–Trinajstić information content (AvgIpc) is 2.68. The summed E-state index contributed by atoms with van der Waals surface area (Å²) in [5.74, 6) is 2.72. The van der Waals surface area contributed by atoms with Crippen molar-refractivity contribution in [2.24, 2.45) is 0 Å². The summed E-state index contributed by atoms with van der Waals surface area (Å²) < 4.78 is 27.0. The molecule has 140 valence electrons. The minimum Gasteiger partial charge on any atom is -0.492 e. The van der Waals surface area contributed by atoms with E-state index < -0.39 is 0 Å². The van der Waals surface area contributed by atoms with Crippen LogP contribution in [-0.4, -0.2) is 34.4 Å². The lowest BCUT2D eigenvalue weighted by Crippen LogP contribution is -2.39. The number of rotatable bonds is 7. The standard InChI is InChI=1S/C21H26O5/c1-15-19-10-9-18(26-14-23-4)11-20(19)24-12-21(15,2)16-5-7-17(8-6-16)25-13-22-3/h5-11,15H,12-14H2,1-4H3/t15-,21+/m1/s1. The largest absolute Gasteiger partial charge is 0.492 e. The van der Waals surface area contributed by atoms with Gasteiger partial charge in [-0.25, -0.2) is 0 Å². The molecule has 0 saturated heterocycles. The maximum atomic E-state index is 6.11. The molecule has 0 N–H and O–H groups in total. The fourth-order valence-electron chi connectivity index (χ4n) is 3.30. The number of benzene rings is 2. The Morgan fingerprint density at radius 2 is 1.58 bits per heavy atom. The van der Waals surface area contributed by atoms with E-state index in [2.05, 4.69) is 32.0 Å². The summed E-state index contributed by atoms with van der Waals surface area (Å²) in [6.07, 6.45) is 0. The molecule has 5 heteroatoms. The maximum Gasteiger partial charge on any atom is 0.188 e. The van der Waals surface area contributed by atoms with E-state index in [1.54, 1.807) is 14.2 Å². The molecule has 1 aliphatic rings. The molecule has 0 aliphatic carbocycles. The van der Waals surface area contributed by atoms with Gasteiger partial charge in [-0.05, 0) is 35.2 Å². The predicted octanol–water partition coefficient (Wildman–Crippen LogP) is 4.11. The van der Waals surface area contributed by atoms with Gasteiger partial charge in [0.2, 0.25) is 0 Å². The molecule has 0 unspecified atom stereocenters. The van der Waals surface area contributed by atoms with Gasteiger partial charge in [-0.1, -0.05) is 32.0 Å². The zero-order chi connectivity index (χ0) is 18.6. The number of hydrogen-bond donors (Lipinski definition) is 0. The van der Waals surface area contributed by atoms with Crippen molar-refractivity contribution in [1.82, 2.24) is 0 Å². The summed E-state index contributed by atoms with van der Waals surface area (Å²) in [7, 11) is 3.22. The Morgan fingerprint density at radius 3 is 2.23 bits per heavy atom. The van der Waals surface area contributed by atoms with E-state index in [0.717, 1.165) is 17.2 Å². The van der Waals surface area contributed by atoms with Crippen molar-refractivity contribution in [3.63, 3.8) is 0 Å². The van der Waals surface area contributed by atoms with Gasteiger partial charge in [-0.15, -0.1) is 0 Å². The number of ether oxygens (including phenoxy) is 5. The average molecular weight is 358 g/mol. The van der Waals surface area contributed by atoms with Crippen LogP contribution in [0.2, 0.25) is 0 Å². The van der Waals surface area contributed by atoms with Gasteiger partial charge in [-0.3, -0.25) is 0 Å². The third-order valence-electron chi connectivity index (χ3n) is 5.14. The second kappa shape index (κ2) is 7.98. The molecule has 2 aromatic rings.